The molecular weight excluding hydrogens is 296 g/mol. The lowest BCUT2D eigenvalue weighted by molar-refractivity contribution is -0.114. The molecule has 2 N–H and O–H groups in total. The van der Waals surface area contributed by atoms with Crippen LogP contribution in [0.3, 0.4) is 0 Å². The van der Waals surface area contributed by atoms with E-state index in [0.717, 1.165) is 0 Å². The van der Waals surface area contributed by atoms with Gasteiger partial charge in [0.05, 0.1) is 5.02 Å². The van der Waals surface area contributed by atoms with Gasteiger partial charge in [0.2, 0.25) is 0 Å². The van der Waals surface area contributed by atoms with Crippen molar-refractivity contribution < 1.29 is 9.90 Å². The molecule has 0 aliphatic heterocycles. The number of anilines is 1. The van der Waals surface area contributed by atoms with Crippen LogP contribution in [0.4, 0.5) is 5.69 Å². The maximum absolute atomic E-state index is 11.4. The van der Waals surface area contributed by atoms with Gasteiger partial charge in [-0.3, -0.25) is 4.79 Å². The molecule has 2 aromatic carbocycles. The summed E-state index contributed by atoms with van der Waals surface area (Å²) in [5.74, 6) is -0.557. The second kappa shape index (κ2) is 5.22. The predicted molar refractivity (Wildman–Crippen MR) is 74.7 cm³/mol. The number of halogens is 3. The second-order valence-corrected chi connectivity index (χ2v) is 5.09. The molecule has 0 bridgehead atoms. The van der Waals surface area contributed by atoms with Gasteiger partial charge in [0.15, 0.2) is 4.84 Å². The Morgan fingerprint density at radius 2 is 1.89 bits per heavy atom. The Kier molecular flexibility index (Phi) is 3.85. The highest BCUT2D eigenvalue weighted by Crippen LogP contribution is 2.35. The van der Waals surface area contributed by atoms with E-state index in [-0.39, 0.29) is 10.8 Å². The minimum atomic E-state index is -1.15. The van der Waals surface area contributed by atoms with Crippen molar-refractivity contribution in [3.63, 3.8) is 0 Å². The number of hydrogen-bond donors (Lipinski definition) is 2. The summed E-state index contributed by atoms with van der Waals surface area (Å²) in [6.07, 6.45) is 0. The smallest absolute Gasteiger partial charge is 0.257 e. The fourth-order valence-corrected chi connectivity index (χ4v) is 1.89. The molecule has 0 unspecified atom stereocenters. The molecule has 0 fully saturated rings. The van der Waals surface area contributed by atoms with Gasteiger partial charge in [-0.1, -0.05) is 53.0 Å². The lowest BCUT2D eigenvalue weighted by Crippen LogP contribution is -2.18. The maximum atomic E-state index is 11.4. The van der Waals surface area contributed by atoms with Crippen LogP contribution in [-0.4, -0.2) is 15.8 Å². The van der Waals surface area contributed by atoms with E-state index >= 15 is 0 Å². The van der Waals surface area contributed by atoms with E-state index < -0.39 is 10.7 Å². The van der Waals surface area contributed by atoms with Crippen LogP contribution in [0.25, 0.3) is 10.8 Å². The molecule has 6 heteroatoms. The van der Waals surface area contributed by atoms with Gasteiger partial charge in [-0.2, -0.15) is 0 Å². The van der Waals surface area contributed by atoms with Crippen molar-refractivity contribution in [2.24, 2.45) is 0 Å². The highest BCUT2D eigenvalue weighted by Gasteiger charge is 2.14. The molecule has 94 valence electrons. The summed E-state index contributed by atoms with van der Waals surface area (Å²) in [6, 6.07) is 8.32. The first-order valence-corrected chi connectivity index (χ1v) is 6.25. The molecule has 0 atom stereocenters. The van der Waals surface area contributed by atoms with Gasteiger partial charge in [-0.05, 0) is 12.1 Å². The van der Waals surface area contributed by atoms with Crippen molar-refractivity contribution in [3.05, 3.63) is 35.4 Å². The summed E-state index contributed by atoms with van der Waals surface area (Å²) < 4.78 is 0. The van der Waals surface area contributed by atoms with Crippen molar-refractivity contribution in [1.82, 2.24) is 0 Å². The first-order valence-electron chi connectivity index (χ1n) is 5.00. The van der Waals surface area contributed by atoms with E-state index in [4.69, 9.17) is 34.8 Å². The number of benzene rings is 2. The minimum Gasteiger partial charge on any atom is -0.506 e. The molecule has 0 heterocycles. The van der Waals surface area contributed by atoms with E-state index in [1.165, 1.54) is 0 Å². The Hall–Kier alpha value is -1.16. The van der Waals surface area contributed by atoms with E-state index in [1.54, 1.807) is 30.3 Å². The largest absolute Gasteiger partial charge is 0.506 e. The van der Waals surface area contributed by atoms with Gasteiger partial charge in [-0.25, -0.2) is 0 Å². The molecule has 3 nitrogen and oxygen atoms in total. The average Bonchev–Trinajstić information content (AvgIpc) is 2.34. The molecule has 0 saturated heterocycles. The number of hydrogen-bond acceptors (Lipinski definition) is 2. The Bertz CT molecular complexity index is 614. The third-order valence-corrected chi connectivity index (χ3v) is 3.14. The molecule has 0 aromatic heterocycles. The molecule has 0 spiro atoms. The van der Waals surface area contributed by atoms with Crippen LogP contribution in [0.5, 0.6) is 5.75 Å². The van der Waals surface area contributed by atoms with Gasteiger partial charge in [0.1, 0.15) is 5.75 Å². The van der Waals surface area contributed by atoms with Crippen molar-refractivity contribution >= 4 is 57.2 Å². The Morgan fingerprint density at radius 3 is 2.56 bits per heavy atom. The normalized spacial score (nSPS) is 10.9. The highest BCUT2D eigenvalue weighted by atomic mass is 35.5. The third-order valence-electron chi connectivity index (χ3n) is 2.44. The SMILES string of the molecule is O=C(Nc1cccc2c(O)c(Cl)ccc12)C(Cl)Cl. The number of carbonyl (C=O) groups excluding carboxylic acids is 1. The third kappa shape index (κ3) is 2.48. The lowest BCUT2D eigenvalue weighted by atomic mass is 10.1. The zero-order chi connectivity index (χ0) is 13.3. The number of rotatable bonds is 2. The standard InChI is InChI=1S/C12H8Cl3NO2/c13-8-5-4-6-7(10(8)17)2-1-3-9(6)16-12(18)11(14)15/h1-5,11,17H,(H,16,18). The number of phenols is 1. The Balaban J connectivity index is 2.53. The Morgan fingerprint density at radius 1 is 1.17 bits per heavy atom. The van der Waals surface area contributed by atoms with Gasteiger partial charge in [0, 0.05) is 16.5 Å². The summed E-state index contributed by atoms with van der Waals surface area (Å²) in [5.41, 5.74) is 0.510. The number of fused-ring (bicyclic) bond motifs is 1. The lowest BCUT2D eigenvalue weighted by Gasteiger charge is -2.10. The molecule has 2 aromatic rings. The van der Waals surface area contributed by atoms with Crippen LogP contribution < -0.4 is 5.32 Å². The zero-order valence-electron chi connectivity index (χ0n) is 8.95. The summed E-state index contributed by atoms with van der Waals surface area (Å²) in [5, 5.41) is 13.8. The van der Waals surface area contributed by atoms with Gasteiger partial charge in [0.25, 0.3) is 5.91 Å². The average molecular weight is 305 g/mol. The topological polar surface area (TPSA) is 49.3 Å². The molecule has 0 saturated carbocycles. The monoisotopic (exact) mass is 303 g/mol. The molecule has 1 amide bonds. The summed E-state index contributed by atoms with van der Waals surface area (Å²) >= 11 is 16.8. The Labute approximate surface area is 118 Å². The minimum absolute atomic E-state index is 0.0291. The molecule has 18 heavy (non-hydrogen) atoms. The summed E-state index contributed by atoms with van der Waals surface area (Å²) in [4.78, 5) is 10.3. The van der Waals surface area contributed by atoms with Gasteiger partial charge < -0.3 is 10.4 Å². The fourth-order valence-electron chi connectivity index (χ4n) is 1.61. The number of phenolic OH excluding ortho intramolecular Hbond substituents is 1. The molecular formula is C12H8Cl3NO2. The van der Waals surface area contributed by atoms with Crippen LogP contribution >= 0.6 is 34.8 Å². The molecule has 2 rings (SSSR count). The second-order valence-electron chi connectivity index (χ2n) is 3.59. The molecule has 0 radical (unpaired) electrons. The number of amides is 1. The van der Waals surface area contributed by atoms with Gasteiger partial charge >= 0.3 is 0 Å². The summed E-state index contributed by atoms with van der Waals surface area (Å²) in [7, 11) is 0. The fraction of sp³-hybridized carbons (Fsp3) is 0.0833. The number of carbonyl (C=O) groups is 1. The number of alkyl halides is 2. The zero-order valence-corrected chi connectivity index (χ0v) is 11.2. The number of nitrogens with one attached hydrogen (secondary N) is 1. The van der Waals surface area contributed by atoms with E-state index in [1.807, 2.05) is 0 Å². The van der Waals surface area contributed by atoms with E-state index in [9.17, 15) is 9.90 Å². The first-order chi connectivity index (χ1) is 8.50. The van der Waals surface area contributed by atoms with Gasteiger partial charge in [-0.15, -0.1) is 0 Å². The highest BCUT2D eigenvalue weighted by molar-refractivity contribution is 6.54. The van der Waals surface area contributed by atoms with Crippen LogP contribution in [0.1, 0.15) is 0 Å². The number of aromatic hydroxyl groups is 1. The predicted octanol–water partition coefficient (Wildman–Crippen LogP) is 3.94. The van der Waals surface area contributed by atoms with E-state index in [0.29, 0.717) is 16.5 Å². The molecule has 0 aliphatic rings. The van der Waals surface area contributed by atoms with Crippen molar-refractivity contribution in [2.75, 3.05) is 5.32 Å². The summed E-state index contributed by atoms with van der Waals surface area (Å²) in [6.45, 7) is 0. The van der Waals surface area contributed by atoms with Crippen LogP contribution in [0.2, 0.25) is 5.02 Å². The van der Waals surface area contributed by atoms with Crippen LogP contribution in [-0.2, 0) is 4.79 Å². The van der Waals surface area contributed by atoms with E-state index in [2.05, 4.69) is 5.32 Å². The quantitative estimate of drug-likeness (QED) is 0.826. The first kappa shape index (κ1) is 13.3. The van der Waals surface area contributed by atoms with Crippen molar-refractivity contribution in [3.8, 4) is 5.75 Å². The molecule has 0 aliphatic carbocycles. The van der Waals surface area contributed by atoms with Crippen LogP contribution in [0.15, 0.2) is 30.3 Å². The van der Waals surface area contributed by atoms with Crippen LogP contribution in [0, 0.1) is 0 Å². The maximum Gasteiger partial charge on any atom is 0.257 e. The van der Waals surface area contributed by atoms with Crippen molar-refractivity contribution in [1.29, 1.82) is 0 Å². The van der Waals surface area contributed by atoms with Crippen molar-refractivity contribution in [2.45, 2.75) is 4.84 Å².